The highest BCUT2D eigenvalue weighted by molar-refractivity contribution is 5.87. The molecule has 0 aromatic carbocycles. The van der Waals surface area contributed by atoms with Gasteiger partial charge in [0, 0.05) is 0 Å². The average Bonchev–Trinajstić information content (AvgIpc) is 2.33. The molecule has 0 fully saturated rings. The van der Waals surface area contributed by atoms with Crippen molar-refractivity contribution in [1.29, 1.82) is 0 Å². The van der Waals surface area contributed by atoms with Gasteiger partial charge in [-0.05, 0) is 12.1 Å². The molecule has 1 rings (SSSR count). The smallest absolute Gasteiger partial charge is 0.434 e. The third-order valence-corrected chi connectivity index (χ3v) is 2.11. The monoisotopic (exact) mass is 318 g/mol. The van der Waals surface area contributed by atoms with Crippen LogP contribution in [-0.4, -0.2) is 36.5 Å². The minimum Gasteiger partial charge on any atom is -0.464 e. The van der Waals surface area contributed by atoms with Gasteiger partial charge in [0.15, 0.2) is 5.69 Å². The Morgan fingerprint density at radius 3 is 2.14 bits per heavy atom. The van der Waals surface area contributed by atoms with Crippen molar-refractivity contribution in [3.8, 4) is 5.88 Å². The largest absolute Gasteiger partial charge is 0.464 e. The predicted molar refractivity (Wildman–Crippen MR) is 56.5 cm³/mol. The Morgan fingerprint density at radius 1 is 1.19 bits per heavy atom. The zero-order valence-electron chi connectivity index (χ0n) is 10.2. The van der Waals surface area contributed by atoms with Crippen LogP contribution in [0.2, 0.25) is 0 Å². The summed E-state index contributed by atoms with van der Waals surface area (Å²) in [6.07, 6.45) is -15.6. The molecular formula is C10H8F6N2O3. The average molecular weight is 318 g/mol. The number of alkyl halides is 6. The molecule has 11 heteroatoms. The van der Waals surface area contributed by atoms with Crippen LogP contribution < -0.4 is 10.5 Å². The van der Waals surface area contributed by atoms with E-state index >= 15 is 0 Å². The Bertz CT molecular complexity index is 515. The molecule has 1 aromatic rings. The molecule has 1 heterocycles. The van der Waals surface area contributed by atoms with Crippen LogP contribution in [-0.2, 0) is 4.74 Å². The lowest BCUT2D eigenvalue weighted by Crippen LogP contribution is -2.46. The lowest BCUT2D eigenvalue weighted by atomic mass is 10.3. The number of esters is 1. The number of nitrogens with zero attached hydrogens (tertiary/aromatic N) is 1. The van der Waals surface area contributed by atoms with Crippen molar-refractivity contribution in [3.05, 3.63) is 17.8 Å². The molecule has 0 aliphatic heterocycles. The Hall–Kier alpha value is -2.20. The number of nitrogens with two attached hydrogens (primary N) is 1. The maximum absolute atomic E-state index is 12.4. The number of methoxy groups -OCH3 is 1. The van der Waals surface area contributed by atoms with E-state index in [9.17, 15) is 31.1 Å². The molecule has 0 spiro atoms. The summed E-state index contributed by atoms with van der Waals surface area (Å²) in [7, 11) is 0.954. The summed E-state index contributed by atoms with van der Waals surface area (Å²) in [4.78, 5) is 14.3. The van der Waals surface area contributed by atoms with Crippen molar-refractivity contribution >= 4 is 11.7 Å². The van der Waals surface area contributed by atoms with Gasteiger partial charge in [0.05, 0.1) is 12.8 Å². The van der Waals surface area contributed by atoms with E-state index in [1.165, 1.54) is 0 Å². The summed E-state index contributed by atoms with van der Waals surface area (Å²) in [5.41, 5.74) is 4.04. The van der Waals surface area contributed by atoms with E-state index in [-0.39, 0.29) is 0 Å². The van der Waals surface area contributed by atoms with Gasteiger partial charge in [0.1, 0.15) is 0 Å². The molecule has 2 N–H and O–H groups in total. The van der Waals surface area contributed by atoms with Gasteiger partial charge in [0.25, 0.3) is 6.10 Å². The molecule has 1 aromatic heterocycles. The van der Waals surface area contributed by atoms with Crippen molar-refractivity contribution < 1.29 is 40.6 Å². The zero-order valence-corrected chi connectivity index (χ0v) is 10.2. The Labute approximate surface area is 113 Å². The normalized spacial score (nSPS) is 12.4. The Kier molecular flexibility index (Phi) is 4.54. The first-order valence-electron chi connectivity index (χ1n) is 5.11. The molecule has 0 aliphatic carbocycles. The van der Waals surface area contributed by atoms with Crippen LogP contribution in [0.1, 0.15) is 10.5 Å². The molecule has 0 aliphatic rings. The van der Waals surface area contributed by atoms with Crippen molar-refractivity contribution in [1.82, 2.24) is 4.98 Å². The van der Waals surface area contributed by atoms with Gasteiger partial charge in [-0.3, -0.25) is 0 Å². The number of anilines is 1. The second kappa shape index (κ2) is 5.66. The number of rotatable bonds is 3. The first kappa shape index (κ1) is 16.9. The van der Waals surface area contributed by atoms with Gasteiger partial charge >= 0.3 is 18.3 Å². The standard InChI is InChI=1S/C10H8F6N2O3/c1-20-7(19)5-3-2-4(17)6(18-5)21-8(9(11,12)13)10(14,15)16/h2-3,8H,17H2,1H3. The molecule has 0 unspecified atom stereocenters. The predicted octanol–water partition coefficient (Wildman–Crippen LogP) is 2.32. The molecule has 0 saturated heterocycles. The van der Waals surface area contributed by atoms with Gasteiger partial charge < -0.3 is 15.2 Å². The van der Waals surface area contributed by atoms with E-state index in [0.29, 0.717) is 0 Å². The fourth-order valence-electron chi connectivity index (χ4n) is 1.19. The fourth-order valence-corrected chi connectivity index (χ4v) is 1.19. The van der Waals surface area contributed by atoms with Gasteiger partial charge in [0.2, 0.25) is 5.88 Å². The lowest BCUT2D eigenvalue weighted by Gasteiger charge is -2.23. The number of hydrogen-bond acceptors (Lipinski definition) is 5. The number of hydrogen-bond donors (Lipinski definition) is 1. The second-order valence-electron chi connectivity index (χ2n) is 3.66. The molecule has 0 saturated carbocycles. The highest BCUT2D eigenvalue weighted by Gasteiger charge is 2.59. The van der Waals surface area contributed by atoms with Crippen molar-refractivity contribution in [2.75, 3.05) is 12.8 Å². The highest BCUT2D eigenvalue weighted by Crippen LogP contribution is 2.37. The number of halogens is 6. The Morgan fingerprint density at radius 2 is 1.71 bits per heavy atom. The quantitative estimate of drug-likeness (QED) is 0.684. The summed E-state index contributed by atoms with van der Waals surface area (Å²) >= 11 is 0. The summed E-state index contributed by atoms with van der Waals surface area (Å²) in [6, 6.07) is 1.84. The van der Waals surface area contributed by atoms with Crippen molar-refractivity contribution in [3.63, 3.8) is 0 Å². The number of pyridine rings is 1. The molecule has 0 bridgehead atoms. The third kappa shape index (κ3) is 4.13. The first-order valence-corrected chi connectivity index (χ1v) is 5.11. The summed E-state index contributed by atoms with van der Waals surface area (Å²) in [5.74, 6) is -2.24. The van der Waals surface area contributed by atoms with Crippen molar-refractivity contribution in [2.24, 2.45) is 0 Å². The SMILES string of the molecule is COC(=O)c1ccc(N)c(OC(C(F)(F)F)C(F)(F)F)n1. The van der Waals surface area contributed by atoms with Gasteiger partial charge in [-0.2, -0.15) is 26.3 Å². The maximum Gasteiger partial charge on any atom is 0.434 e. The molecular weight excluding hydrogens is 310 g/mol. The van der Waals surface area contributed by atoms with Gasteiger partial charge in [-0.25, -0.2) is 9.78 Å². The van der Waals surface area contributed by atoms with Crippen LogP contribution >= 0.6 is 0 Å². The van der Waals surface area contributed by atoms with Crippen molar-refractivity contribution in [2.45, 2.75) is 18.5 Å². The number of carbonyl (C=O) groups excluding carboxylic acids is 1. The van der Waals surface area contributed by atoms with Crippen LogP contribution in [0.4, 0.5) is 32.0 Å². The zero-order chi connectivity index (χ0) is 16.4. The van der Waals surface area contributed by atoms with Crippen LogP contribution in [0.15, 0.2) is 12.1 Å². The molecule has 5 nitrogen and oxygen atoms in total. The molecule has 0 amide bonds. The summed E-state index contributed by atoms with van der Waals surface area (Å²) < 4.78 is 82.2. The highest BCUT2D eigenvalue weighted by atomic mass is 19.4. The minimum absolute atomic E-state index is 0.551. The topological polar surface area (TPSA) is 74.4 Å². The molecule has 21 heavy (non-hydrogen) atoms. The molecule has 118 valence electrons. The number of nitrogen functional groups attached to an aromatic ring is 1. The van der Waals surface area contributed by atoms with Gasteiger partial charge in [-0.1, -0.05) is 0 Å². The second-order valence-corrected chi connectivity index (χ2v) is 3.66. The molecule has 0 radical (unpaired) electrons. The van der Waals surface area contributed by atoms with Crippen LogP contribution in [0.25, 0.3) is 0 Å². The number of carbonyl (C=O) groups is 1. The van der Waals surface area contributed by atoms with E-state index in [0.717, 1.165) is 19.2 Å². The summed E-state index contributed by atoms with van der Waals surface area (Å²) in [5, 5.41) is 0. The van der Waals surface area contributed by atoms with Crippen LogP contribution in [0.5, 0.6) is 5.88 Å². The van der Waals surface area contributed by atoms with Crippen LogP contribution in [0, 0.1) is 0 Å². The maximum atomic E-state index is 12.4. The van der Waals surface area contributed by atoms with Gasteiger partial charge in [-0.15, -0.1) is 0 Å². The van der Waals surface area contributed by atoms with E-state index in [1.807, 2.05) is 0 Å². The van der Waals surface area contributed by atoms with Crippen LogP contribution in [0.3, 0.4) is 0 Å². The Balaban J connectivity index is 3.18. The lowest BCUT2D eigenvalue weighted by molar-refractivity contribution is -0.300. The van der Waals surface area contributed by atoms with E-state index in [2.05, 4.69) is 14.5 Å². The molecule has 0 atom stereocenters. The van der Waals surface area contributed by atoms with E-state index in [1.54, 1.807) is 0 Å². The first-order chi connectivity index (χ1) is 9.46. The number of ether oxygens (including phenoxy) is 2. The third-order valence-electron chi connectivity index (χ3n) is 2.11. The number of aromatic nitrogens is 1. The summed E-state index contributed by atoms with van der Waals surface area (Å²) in [6.45, 7) is 0. The van der Waals surface area contributed by atoms with E-state index < -0.39 is 41.7 Å². The minimum atomic E-state index is -5.73. The fraction of sp³-hybridized carbons (Fsp3) is 0.400. The van der Waals surface area contributed by atoms with E-state index in [4.69, 9.17) is 5.73 Å².